The number of methoxy groups -OCH3 is 1. The number of ether oxygens (including phenoxy) is 3. The van der Waals surface area contributed by atoms with Crippen molar-refractivity contribution in [1.29, 1.82) is 0 Å². The van der Waals surface area contributed by atoms with E-state index in [0.29, 0.717) is 25.7 Å². The molecule has 2 saturated heterocycles. The van der Waals surface area contributed by atoms with Gasteiger partial charge in [0.1, 0.15) is 11.2 Å². The van der Waals surface area contributed by atoms with E-state index in [-0.39, 0.29) is 47.7 Å². The standard InChI is InChI=1S/C25H32O7/c1-22-7-4-13(27)10-16(22)14(12-26)19(21(29)30-3)20-15-5-8-24(9-6-18(28)32-24)23(15,2)11-17-25(20,22)31-17/h10,14-15,17,19-20,26H,4-9,11-12H2,1-3H3/t14-,15?,17-,19+,20?,22-,23-,24+,25?/m0/s1. The van der Waals surface area contributed by atoms with Crippen LogP contribution in [0.25, 0.3) is 0 Å². The van der Waals surface area contributed by atoms with Gasteiger partial charge in [0.05, 0.1) is 25.7 Å². The van der Waals surface area contributed by atoms with Gasteiger partial charge >= 0.3 is 11.9 Å². The van der Waals surface area contributed by atoms with Gasteiger partial charge in [-0.05, 0) is 44.1 Å². The molecular weight excluding hydrogens is 412 g/mol. The summed E-state index contributed by atoms with van der Waals surface area (Å²) in [4.78, 5) is 37.9. The van der Waals surface area contributed by atoms with E-state index in [9.17, 15) is 19.5 Å². The van der Waals surface area contributed by atoms with Gasteiger partial charge in [0, 0.05) is 35.5 Å². The highest BCUT2D eigenvalue weighted by atomic mass is 16.6. The largest absolute Gasteiger partial charge is 0.469 e. The van der Waals surface area contributed by atoms with Gasteiger partial charge in [-0.25, -0.2) is 0 Å². The molecule has 0 aromatic carbocycles. The lowest BCUT2D eigenvalue weighted by molar-refractivity contribution is -0.176. The van der Waals surface area contributed by atoms with Crippen molar-refractivity contribution in [3.63, 3.8) is 0 Å². The summed E-state index contributed by atoms with van der Waals surface area (Å²) in [5.74, 6) is -1.53. The first kappa shape index (κ1) is 20.8. The van der Waals surface area contributed by atoms with Crippen molar-refractivity contribution in [3.05, 3.63) is 11.6 Å². The van der Waals surface area contributed by atoms with Gasteiger partial charge in [0.2, 0.25) is 0 Å². The first-order valence-corrected chi connectivity index (χ1v) is 12.0. The van der Waals surface area contributed by atoms with Crippen molar-refractivity contribution in [2.45, 2.75) is 76.1 Å². The van der Waals surface area contributed by atoms with Crippen LogP contribution in [0.4, 0.5) is 0 Å². The fourth-order valence-electron chi connectivity index (χ4n) is 9.15. The number of rotatable bonds is 2. The Bertz CT molecular complexity index is 956. The summed E-state index contributed by atoms with van der Waals surface area (Å²) in [7, 11) is 1.39. The Morgan fingerprint density at radius 3 is 2.66 bits per heavy atom. The maximum Gasteiger partial charge on any atom is 0.309 e. The average molecular weight is 445 g/mol. The number of carbonyl (C=O) groups is 3. The zero-order chi connectivity index (χ0) is 22.7. The molecule has 2 spiro atoms. The molecule has 174 valence electrons. The van der Waals surface area contributed by atoms with Crippen molar-refractivity contribution in [2.24, 2.45) is 34.5 Å². The van der Waals surface area contributed by atoms with E-state index in [0.717, 1.165) is 24.8 Å². The van der Waals surface area contributed by atoms with E-state index in [4.69, 9.17) is 14.2 Å². The normalized spacial score (nSPS) is 53.0. The molecule has 4 aliphatic carbocycles. The molecule has 0 aromatic heterocycles. The van der Waals surface area contributed by atoms with Crippen LogP contribution < -0.4 is 0 Å². The zero-order valence-corrected chi connectivity index (χ0v) is 19.0. The molecule has 0 aromatic rings. The Hall–Kier alpha value is -1.73. The molecule has 0 bridgehead atoms. The third kappa shape index (κ3) is 2.13. The van der Waals surface area contributed by atoms with Crippen molar-refractivity contribution in [3.8, 4) is 0 Å². The molecule has 2 aliphatic heterocycles. The number of epoxide rings is 1. The average Bonchev–Trinajstić information content (AvgIpc) is 3.25. The second-order valence-electron chi connectivity index (χ2n) is 11.4. The van der Waals surface area contributed by atoms with Gasteiger partial charge < -0.3 is 19.3 Å². The topological polar surface area (TPSA) is 102 Å². The van der Waals surface area contributed by atoms with Gasteiger partial charge in [-0.1, -0.05) is 19.4 Å². The van der Waals surface area contributed by atoms with Gasteiger partial charge in [-0.15, -0.1) is 0 Å². The molecular formula is C25H32O7. The second kappa shape index (κ2) is 6.23. The summed E-state index contributed by atoms with van der Waals surface area (Å²) < 4.78 is 18.0. The Labute approximate surface area is 187 Å². The van der Waals surface area contributed by atoms with E-state index < -0.39 is 28.5 Å². The number of fused-ring (bicyclic) bond motifs is 4. The highest BCUT2D eigenvalue weighted by Gasteiger charge is 2.84. The van der Waals surface area contributed by atoms with Gasteiger partial charge in [0.25, 0.3) is 0 Å². The smallest absolute Gasteiger partial charge is 0.309 e. The minimum atomic E-state index is -0.586. The van der Waals surface area contributed by atoms with E-state index in [1.165, 1.54) is 7.11 Å². The summed E-state index contributed by atoms with van der Waals surface area (Å²) in [6.45, 7) is 4.17. The number of esters is 2. The predicted molar refractivity (Wildman–Crippen MR) is 111 cm³/mol. The van der Waals surface area contributed by atoms with Gasteiger partial charge in [0.15, 0.2) is 5.78 Å². The quantitative estimate of drug-likeness (QED) is 0.515. The summed E-state index contributed by atoms with van der Waals surface area (Å²) in [6.07, 6.45) is 6.33. The number of aliphatic hydroxyl groups excluding tert-OH is 1. The lowest BCUT2D eigenvalue weighted by Crippen LogP contribution is -2.65. The monoisotopic (exact) mass is 444 g/mol. The molecule has 7 nitrogen and oxygen atoms in total. The van der Waals surface area contributed by atoms with E-state index in [2.05, 4.69) is 13.8 Å². The van der Waals surface area contributed by atoms with Crippen molar-refractivity contribution >= 4 is 17.7 Å². The maximum atomic E-state index is 13.3. The Morgan fingerprint density at radius 2 is 2.00 bits per heavy atom. The molecule has 5 fully saturated rings. The third-order valence-corrected chi connectivity index (χ3v) is 10.6. The minimum Gasteiger partial charge on any atom is -0.469 e. The second-order valence-corrected chi connectivity index (χ2v) is 11.4. The first-order chi connectivity index (χ1) is 15.2. The lowest BCUT2D eigenvalue weighted by atomic mass is 9.41. The van der Waals surface area contributed by atoms with Gasteiger partial charge in [-0.2, -0.15) is 0 Å². The number of ketones is 1. The van der Waals surface area contributed by atoms with Crippen LogP contribution in [0.5, 0.6) is 0 Å². The third-order valence-electron chi connectivity index (χ3n) is 10.6. The van der Waals surface area contributed by atoms with E-state index in [1.807, 2.05) is 0 Å². The number of carbonyl (C=O) groups excluding carboxylic acids is 3. The zero-order valence-electron chi connectivity index (χ0n) is 19.0. The molecule has 1 N–H and O–H groups in total. The van der Waals surface area contributed by atoms with Crippen molar-refractivity contribution < 1.29 is 33.7 Å². The molecule has 32 heavy (non-hydrogen) atoms. The Kier molecular flexibility index (Phi) is 4.06. The molecule has 6 aliphatic rings. The fourth-order valence-corrected chi connectivity index (χ4v) is 9.15. The van der Waals surface area contributed by atoms with Crippen LogP contribution in [0.2, 0.25) is 0 Å². The number of hydrogen-bond acceptors (Lipinski definition) is 7. The van der Waals surface area contributed by atoms with Crippen molar-refractivity contribution in [1.82, 2.24) is 0 Å². The van der Waals surface area contributed by atoms with Crippen LogP contribution in [-0.4, -0.2) is 53.9 Å². The molecule has 2 heterocycles. The molecule has 3 unspecified atom stereocenters. The van der Waals surface area contributed by atoms with E-state index >= 15 is 0 Å². The van der Waals surface area contributed by atoms with Crippen LogP contribution in [0.15, 0.2) is 11.6 Å². The molecule has 9 atom stereocenters. The maximum absolute atomic E-state index is 13.3. The fraction of sp³-hybridized carbons (Fsp3) is 0.800. The predicted octanol–water partition coefficient (Wildman–Crippen LogP) is 2.34. The summed E-state index contributed by atoms with van der Waals surface area (Å²) in [5, 5.41) is 10.5. The van der Waals surface area contributed by atoms with Crippen LogP contribution in [0.1, 0.15) is 58.8 Å². The number of hydrogen-bond donors (Lipinski definition) is 1. The summed E-state index contributed by atoms with van der Waals surface area (Å²) in [5.41, 5.74) is -0.876. The summed E-state index contributed by atoms with van der Waals surface area (Å²) in [6, 6.07) is 0. The highest BCUT2D eigenvalue weighted by molar-refractivity contribution is 5.92. The molecule has 6 rings (SSSR count). The van der Waals surface area contributed by atoms with Crippen molar-refractivity contribution in [2.75, 3.05) is 13.7 Å². The van der Waals surface area contributed by atoms with Gasteiger partial charge in [-0.3, -0.25) is 14.4 Å². The SMILES string of the molecule is COC(=O)[C@H]1C2C3CC[C@@]4(CCC(=O)O4)[C@@]3(C)C[C@@H]3OC23[C@@]2(C)CCC(=O)C=C2[C@@H]1CO. The lowest BCUT2D eigenvalue weighted by Gasteiger charge is -2.60. The van der Waals surface area contributed by atoms with Crippen LogP contribution >= 0.6 is 0 Å². The van der Waals surface area contributed by atoms with Crippen LogP contribution in [0, 0.1) is 34.5 Å². The highest BCUT2D eigenvalue weighted by Crippen LogP contribution is 2.79. The minimum absolute atomic E-state index is 0.0462. The van der Waals surface area contributed by atoms with E-state index in [1.54, 1.807) is 6.08 Å². The molecule has 3 saturated carbocycles. The van der Waals surface area contributed by atoms with Crippen LogP contribution in [0.3, 0.4) is 0 Å². The number of aliphatic hydroxyl groups is 1. The molecule has 0 radical (unpaired) electrons. The molecule has 7 heteroatoms. The molecule has 0 amide bonds. The first-order valence-electron chi connectivity index (χ1n) is 12.0. The Balaban J connectivity index is 1.53. The summed E-state index contributed by atoms with van der Waals surface area (Å²) >= 11 is 0. The Morgan fingerprint density at radius 1 is 1.22 bits per heavy atom. The van der Waals surface area contributed by atoms with Crippen LogP contribution in [-0.2, 0) is 28.6 Å².